The molecule has 1 aliphatic rings. The van der Waals surface area contributed by atoms with E-state index >= 15 is 0 Å². The van der Waals surface area contributed by atoms with E-state index in [2.05, 4.69) is 27.3 Å². The van der Waals surface area contributed by atoms with Crippen LogP contribution in [0.5, 0.6) is 5.75 Å². The van der Waals surface area contributed by atoms with E-state index in [9.17, 15) is 5.11 Å². The van der Waals surface area contributed by atoms with Crippen molar-refractivity contribution in [3.05, 3.63) is 60.2 Å². The van der Waals surface area contributed by atoms with Crippen LogP contribution in [-0.4, -0.2) is 20.2 Å². The minimum Gasteiger partial charge on any atom is -0.505 e. The third-order valence-corrected chi connectivity index (χ3v) is 3.96. The zero-order valence-electron chi connectivity index (χ0n) is 11.2. The lowest BCUT2D eigenvalue weighted by Gasteiger charge is -2.10. The minimum absolute atomic E-state index is 0.0391. The summed E-state index contributed by atoms with van der Waals surface area (Å²) in [5, 5.41) is 13.9. The molecule has 0 bridgehead atoms. The Morgan fingerprint density at radius 3 is 2.62 bits per heavy atom. The Balaban J connectivity index is 1.74. The maximum Gasteiger partial charge on any atom is 0.261 e. The zero-order valence-corrected chi connectivity index (χ0v) is 11.2. The summed E-state index contributed by atoms with van der Waals surface area (Å²) in [6.07, 6.45) is 4.98. The van der Waals surface area contributed by atoms with Gasteiger partial charge in [0.2, 0.25) is 0 Å². The van der Waals surface area contributed by atoms with Crippen molar-refractivity contribution in [2.75, 3.05) is 0 Å². The molecule has 5 nitrogen and oxygen atoms in total. The van der Waals surface area contributed by atoms with Gasteiger partial charge in [-0.2, -0.15) is 4.98 Å². The van der Waals surface area contributed by atoms with E-state index < -0.39 is 0 Å². The van der Waals surface area contributed by atoms with Crippen LogP contribution >= 0.6 is 0 Å². The van der Waals surface area contributed by atoms with Gasteiger partial charge in [-0.05, 0) is 24.5 Å². The van der Waals surface area contributed by atoms with Crippen molar-refractivity contribution in [1.82, 2.24) is 15.1 Å². The number of hydrogen-bond donors (Lipinski definition) is 1. The van der Waals surface area contributed by atoms with Crippen LogP contribution in [-0.2, 0) is 5.41 Å². The third-order valence-electron chi connectivity index (χ3n) is 3.96. The summed E-state index contributed by atoms with van der Waals surface area (Å²) in [6.45, 7) is 0. The molecular formula is C16H13N3O2. The number of aromatic nitrogens is 3. The summed E-state index contributed by atoms with van der Waals surface area (Å²) in [5.41, 5.74) is 1.58. The molecule has 0 unspecified atom stereocenters. The molecule has 104 valence electrons. The average molecular weight is 279 g/mol. The fourth-order valence-electron chi connectivity index (χ4n) is 2.62. The van der Waals surface area contributed by atoms with Crippen LogP contribution in [0.4, 0.5) is 0 Å². The largest absolute Gasteiger partial charge is 0.505 e. The first-order valence-electron chi connectivity index (χ1n) is 6.83. The third kappa shape index (κ3) is 1.89. The normalized spacial score (nSPS) is 15.8. The van der Waals surface area contributed by atoms with Gasteiger partial charge in [-0.25, -0.2) is 0 Å². The molecule has 21 heavy (non-hydrogen) atoms. The molecule has 1 aliphatic carbocycles. The second-order valence-corrected chi connectivity index (χ2v) is 5.26. The molecule has 1 N–H and O–H groups in total. The van der Waals surface area contributed by atoms with Gasteiger partial charge in [0.05, 0.1) is 17.2 Å². The van der Waals surface area contributed by atoms with E-state index in [1.54, 1.807) is 12.3 Å². The Kier molecular flexibility index (Phi) is 2.54. The molecular weight excluding hydrogens is 266 g/mol. The molecule has 0 amide bonds. The second-order valence-electron chi connectivity index (χ2n) is 5.26. The van der Waals surface area contributed by atoms with Crippen molar-refractivity contribution < 1.29 is 9.63 Å². The number of aromatic hydroxyl groups is 1. The van der Waals surface area contributed by atoms with E-state index in [0.717, 1.165) is 12.8 Å². The van der Waals surface area contributed by atoms with Crippen molar-refractivity contribution in [2.45, 2.75) is 18.3 Å². The maximum absolute atomic E-state index is 9.82. The van der Waals surface area contributed by atoms with Gasteiger partial charge in [-0.15, -0.1) is 0 Å². The Bertz CT molecular complexity index is 779. The molecule has 0 atom stereocenters. The van der Waals surface area contributed by atoms with Gasteiger partial charge in [0.25, 0.3) is 5.89 Å². The summed E-state index contributed by atoms with van der Waals surface area (Å²) < 4.78 is 5.33. The number of nitrogens with zero attached hydrogens (tertiary/aromatic N) is 3. The van der Waals surface area contributed by atoms with Crippen LogP contribution in [0.25, 0.3) is 11.5 Å². The lowest BCUT2D eigenvalue weighted by atomic mass is 9.95. The highest BCUT2D eigenvalue weighted by Crippen LogP contribution is 2.52. The van der Waals surface area contributed by atoms with Crippen LogP contribution in [0.3, 0.4) is 0 Å². The van der Waals surface area contributed by atoms with Crippen LogP contribution in [0.1, 0.15) is 24.2 Å². The molecule has 2 heterocycles. The molecule has 0 aliphatic heterocycles. The zero-order chi connectivity index (χ0) is 14.3. The smallest absolute Gasteiger partial charge is 0.261 e. The monoisotopic (exact) mass is 279 g/mol. The highest BCUT2D eigenvalue weighted by atomic mass is 16.5. The molecule has 3 aromatic rings. The number of pyridine rings is 1. The molecule has 0 radical (unpaired) electrons. The topological polar surface area (TPSA) is 72.0 Å². The molecule has 1 fully saturated rings. The van der Waals surface area contributed by atoms with Gasteiger partial charge in [0.1, 0.15) is 5.75 Å². The highest BCUT2D eigenvalue weighted by molar-refractivity contribution is 5.60. The van der Waals surface area contributed by atoms with Crippen LogP contribution < -0.4 is 0 Å². The van der Waals surface area contributed by atoms with Crippen molar-refractivity contribution >= 4 is 0 Å². The molecule has 1 saturated carbocycles. The van der Waals surface area contributed by atoms with Crippen molar-refractivity contribution in [3.63, 3.8) is 0 Å². The highest BCUT2D eigenvalue weighted by Gasteiger charge is 2.50. The lowest BCUT2D eigenvalue weighted by molar-refractivity contribution is 0.413. The van der Waals surface area contributed by atoms with E-state index in [1.807, 2.05) is 18.2 Å². The first-order valence-corrected chi connectivity index (χ1v) is 6.83. The second kappa shape index (κ2) is 4.41. The first-order chi connectivity index (χ1) is 10.3. The van der Waals surface area contributed by atoms with Crippen LogP contribution in [0.2, 0.25) is 0 Å². The fraction of sp³-hybridized carbons (Fsp3) is 0.188. The quantitative estimate of drug-likeness (QED) is 0.798. The summed E-state index contributed by atoms with van der Waals surface area (Å²) in [7, 11) is 0. The van der Waals surface area contributed by atoms with Gasteiger partial charge in [0, 0.05) is 6.20 Å². The Labute approximate surface area is 121 Å². The van der Waals surface area contributed by atoms with Gasteiger partial charge in [-0.1, -0.05) is 35.5 Å². The predicted molar refractivity (Wildman–Crippen MR) is 75.6 cm³/mol. The minimum atomic E-state index is -0.133. The number of benzene rings is 1. The first kappa shape index (κ1) is 12.1. The van der Waals surface area contributed by atoms with Gasteiger partial charge >= 0.3 is 0 Å². The Morgan fingerprint density at radius 1 is 1.10 bits per heavy atom. The molecule has 0 spiro atoms. The summed E-state index contributed by atoms with van der Waals surface area (Å²) in [6, 6.07) is 11.9. The average Bonchev–Trinajstić information content (AvgIpc) is 3.20. The van der Waals surface area contributed by atoms with Gasteiger partial charge < -0.3 is 9.63 Å². The van der Waals surface area contributed by atoms with Crippen molar-refractivity contribution in [1.29, 1.82) is 0 Å². The van der Waals surface area contributed by atoms with Crippen molar-refractivity contribution in [3.8, 4) is 17.2 Å². The Morgan fingerprint density at radius 2 is 1.90 bits per heavy atom. The van der Waals surface area contributed by atoms with E-state index in [0.29, 0.717) is 17.3 Å². The number of rotatable bonds is 3. The molecule has 4 rings (SSSR count). The molecule has 2 aromatic heterocycles. The predicted octanol–water partition coefficient (Wildman–Crippen LogP) is 2.92. The van der Waals surface area contributed by atoms with Crippen molar-refractivity contribution in [2.24, 2.45) is 0 Å². The van der Waals surface area contributed by atoms with E-state index in [-0.39, 0.29) is 11.2 Å². The Hall–Kier alpha value is -2.69. The molecule has 0 saturated heterocycles. The van der Waals surface area contributed by atoms with Gasteiger partial charge in [-0.3, -0.25) is 4.98 Å². The molecule has 1 aromatic carbocycles. The summed E-state index contributed by atoms with van der Waals surface area (Å²) >= 11 is 0. The summed E-state index contributed by atoms with van der Waals surface area (Å²) in [4.78, 5) is 8.33. The maximum atomic E-state index is 9.82. The van der Waals surface area contributed by atoms with Crippen LogP contribution in [0.15, 0.2) is 53.3 Å². The standard InChI is InChI=1S/C16H13N3O2/c20-13-10-17-9-6-12(13)14-18-15(19-21-14)16(7-8-16)11-4-2-1-3-5-11/h1-6,9-10,20H,7-8H2. The summed E-state index contributed by atoms with van der Waals surface area (Å²) in [5.74, 6) is 1.05. The van der Waals surface area contributed by atoms with E-state index in [1.165, 1.54) is 11.8 Å². The van der Waals surface area contributed by atoms with Crippen LogP contribution in [0, 0.1) is 0 Å². The SMILES string of the molecule is Oc1cnccc1-c1nc(C2(c3ccccc3)CC2)no1. The fourth-order valence-corrected chi connectivity index (χ4v) is 2.62. The van der Waals surface area contributed by atoms with E-state index in [4.69, 9.17) is 4.52 Å². The van der Waals surface area contributed by atoms with Gasteiger partial charge in [0.15, 0.2) is 5.82 Å². The molecule has 5 heteroatoms. The lowest BCUT2D eigenvalue weighted by Crippen LogP contribution is -2.10. The number of hydrogen-bond acceptors (Lipinski definition) is 5.